The number of thiophene rings is 1. The summed E-state index contributed by atoms with van der Waals surface area (Å²) in [5, 5.41) is 18.9. The highest BCUT2D eigenvalue weighted by molar-refractivity contribution is 7.18. The van der Waals surface area contributed by atoms with Crippen LogP contribution in [0.5, 0.6) is 0 Å². The first-order valence-electron chi connectivity index (χ1n) is 8.17. The number of rotatable bonds is 4. The molecular weight excluding hydrogens is 324 g/mol. The number of aromatic nitrogens is 5. The highest BCUT2D eigenvalue weighted by Crippen LogP contribution is 2.35. The molecule has 1 fully saturated rings. The molecule has 0 spiro atoms. The standard InChI is InChI=1S/C16H20N6OS/c1-4-12-5-13-15(17-10(3)18-16(13)24-12)21-6-11(7-21)22-8-14(9(2)23)19-20-22/h5,8-9,11,23H,4,6-7H2,1-3H3. The Morgan fingerprint density at radius 2 is 2.17 bits per heavy atom. The fourth-order valence-electron chi connectivity index (χ4n) is 2.93. The Morgan fingerprint density at radius 1 is 1.38 bits per heavy atom. The Kier molecular flexibility index (Phi) is 3.73. The number of aliphatic hydroxyl groups is 1. The van der Waals surface area contributed by atoms with E-state index in [4.69, 9.17) is 0 Å². The van der Waals surface area contributed by atoms with Gasteiger partial charge in [-0.3, -0.25) is 0 Å². The van der Waals surface area contributed by atoms with Crippen LogP contribution in [-0.2, 0) is 6.42 Å². The van der Waals surface area contributed by atoms with Crippen molar-refractivity contribution in [2.24, 2.45) is 0 Å². The Bertz CT molecular complexity index is 880. The lowest BCUT2D eigenvalue weighted by molar-refractivity contribution is 0.194. The number of aliphatic hydroxyl groups excluding tert-OH is 1. The van der Waals surface area contributed by atoms with Gasteiger partial charge in [-0.1, -0.05) is 12.1 Å². The largest absolute Gasteiger partial charge is 0.387 e. The van der Waals surface area contributed by atoms with Crippen LogP contribution >= 0.6 is 11.3 Å². The second kappa shape index (κ2) is 5.78. The molecule has 0 aromatic carbocycles. The second-order valence-electron chi connectivity index (χ2n) is 6.24. The van der Waals surface area contributed by atoms with Gasteiger partial charge in [0.25, 0.3) is 0 Å². The van der Waals surface area contributed by atoms with Gasteiger partial charge < -0.3 is 10.0 Å². The molecule has 8 heteroatoms. The Labute approximate surface area is 144 Å². The molecule has 3 aromatic rings. The summed E-state index contributed by atoms with van der Waals surface area (Å²) < 4.78 is 1.84. The molecular formula is C16H20N6OS. The van der Waals surface area contributed by atoms with Crippen molar-refractivity contribution in [3.05, 3.63) is 28.7 Å². The molecule has 0 saturated carbocycles. The Morgan fingerprint density at radius 3 is 2.83 bits per heavy atom. The molecule has 0 amide bonds. The van der Waals surface area contributed by atoms with Crippen LogP contribution in [0.25, 0.3) is 10.2 Å². The van der Waals surface area contributed by atoms with Crippen LogP contribution in [0.4, 0.5) is 5.82 Å². The molecule has 0 aliphatic carbocycles. The van der Waals surface area contributed by atoms with Crippen LogP contribution in [-0.4, -0.2) is 43.2 Å². The van der Waals surface area contributed by atoms with E-state index in [0.29, 0.717) is 5.69 Å². The SMILES string of the molecule is CCc1cc2c(N3CC(n4cc(C(C)O)nn4)C3)nc(C)nc2s1. The van der Waals surface area contributed by atoms with Crippen molar-refractivity contribution in [1.82, 2.24) is 25.0 Å². The summed E-state index contributed by atoms with van der Waals surface area (Å²) in [5.41, 5.74) is 0.610. The van der Waals surface area contributed by atoms with E-state index in [9.17, 15) is 5.11 Å². The lowest BCUT2D eigenvalue weighted by atomic mass is 10.1. The molecule has 4 heterocycles. The molecule has 7 nitrogen and oxygen atoms in total. The normalized spacial score (nSPS) is 16.6. The first kappa shape index (κ1) is 15.5. The fourth-order valence-corrected chi connectivity index (χ4v) is 3.94. The second-order valence-corrected chi connectivity index (χ2v) is 7.35. The molecule has 126 valence electrons. The van der Waals surface area contributed by atoms with E-state index < -0.39 is 6.10 Å². The number of fused-ring (bicyclic) bond motifs is 1. The van der Waals surface area contributed by atoms with E-state index in [2.05, 4.69) is 38.2 Å². The van der Waals surface area contributed by atoms with Crippen molar-refractivity contribution >= 4 is 27.4 Å². The van der Waals surface area contributed by atoms with E-state index in [1.807, 2.05) is 17.8 Å². The minimum Gasteiger partial charge on any atom is -0.387 e. The smallest absolute Gasteiger partial charge is 0.141 e. The summed E-state index contributed by atoms with van der Waals surface area (Å²) in [6, 6.07) is 2.47. The van der Waals surface area contributed by atoms with Gasteiger partial charge in [-0.05, 0) is 26.3 Å². The molecule has 4 rings (SSSR count). The highest BCUT2D eigenvalue weighted by Gasteiger charge is 2.32. The maximum atomic E-state index is 9.57. The van der Waals surface area contributed by atoms with Crippen molar-refractivity contribution in [3.8, 4) is 0 Å². The van der Waals surface area contributed by atoms with Gasteiger partial charge in [0.05, 0.1) is 23.7 Å². The molecule has 1 aliphatic rings. The summed E-state index contributed by atoms with van der Waals surface area (Å²) in [5.74, 6) is 1.82. The molecule has 0 radical (unpaired) electrons. The van der Waals surface area contributed by atoms with Gasteiger partial charge in [-0.2, -0.15) is 0 Å². The lowest BCUT2D eigenvalue weighted by Crippen LogP contribution is -2.48. The molecule has 1 aliphatic heterocycles. The number of nitrogens with zero attached hydrogens (tertiary/aromatic N) is 6. The number of aryl methyl sites for hydroxylation is 2. The zero-order valence-corrected chi connectivity index (χ0v) is 14.8. The lowest BCUT2D eigenvalue weighted by Gasteiger charge is -2.40. The quantitative estimate of drug-likeness (QED) is 0.782. The van der Waals surface area contributed by atoms with E-state index in [-0.39, 0.29) is 6.04 Å². The van der Waals surface area contributed by atoms with Crippen molar-refractivity contribution < 1.29 is 5.11 Å². The summed E-state index contributed by atoms with van der Waals surface area (Å²) in [7, 11) is 0. The summed E-state index contributed by atoms with van der Waals surface area (Å²) in [4.78, 5) is 13.9. The van der Waals surface area contributed by atoms with Crippen LogP contribution in [0.2, 0.25) is 0 Å². The van der Waals surface area contributed by atoms with E-state index in [1.54, 1.807) is 18.3 Å². The molecule has 1 unspecified atom stereocenters. The highest BCUT2D eigenvalue weighted by atomic mass is 32.1. The third kappa shape index (κ3) is 2.55. The third-order valence-electron chi connectivity index (χ3n) is 4.38. The predicted octanol–water partition coefficient (Wildman–Crippen LogP) is 2.27. The average molecular weight is 344 g/mol. The minimum atomic E-state index is -0.586. The summed E-state index contributed by atoms with van der Waals surface area (Å²) >= 11 is 1.75. The Balaban J connectivity index is 1.58. The Hall–Kier alpha value is -2.06. The van der Waals surface area contributed by atoms with Crippen LogP contribution in [0, 0.1) is 6.92 Å². The average Bonchev–Trinajstić information content (AvgIpc) is 3.12. The zero-order chi connectivity index (χ0) is 16.8. The zero-order valence-electron chi connectivity index (χ0n) is 14.0. The van der Waals surface area contributed by atoms with Crippen molar-refractivity contribution in [2.75, 3.05) is 18.0 Å². The van der Waals surface area contributed by atoms with Crippen LogP contribution < -0.4 is 4.90 Å². The fraction of sp³-hybridized carbons (Fsp3) is 0.500. The number of anilines is 1. The van der Waals surface area contributed by atoms with Gasteiger partial charge in [-0.15, -0.1) is 16.4 Å². The van der Waals surface area contributed by atoms with Gasteiger partial charge in [0, 0.05) is 18.0 Å². The molecule has 1 saturated heterocycles. The van der Waals surface area contributed by atoms with Gasteiger partial charge in [0.15, 0.2) is 0 Å². The van der Waals surface area contributed by atoms with Gasteiger partial charge in [0.1, 0.15) is 22.2 Å². The molecule has 1 N–H and O–H groups in total. The maximum absolute atomic E-state index is 9.57. The van der Waals surface area contributed by atoms with E-state index in [0.717, 1.165) is 41.4 Å². The molecule has 1 atom stereocenters. The van der Waals surface area contributed by atoms with Gasteiger partial charge >= 0.3 is 0 Å². The third-order valence-corrected chi connectivity index (χ3v) is 5.55. The van der Waals surface area contributed by atoms with Crippen molar-refractivity contribution in [3.63, 3.8) is 0 Å². The molecule has 0 bridgehead atoms. The molecule has 24 heavy (non-hydrogen) atoms. The van der Waals surface area contributed by atoms with Crippen LogP contribution in [0.1, 0.15) is 42.4 Å². The maximum Gasteiger partial charge on any atom is 0.141 e. The topological polar surface area (TPSA) is 80.0 Å². The number of hydrogen-bond donors (Lipinski definition) is 1. The van der Waals surface area contributed by atoms with Gasteiger partial charge in [-0.25, -0.2) is 14.6 Å². The predicted molar refractivity (Wildman–Crippen MR) is 93.4 cm³/mol. The molecule has 3 aromatic heterocycles. The minimum absolute atomic E-state index is 0.264. The summed E-state index contributed by atoms with van der Waals surface area (Å²) in [6.07, 6.45) is 2.26. The van der Waals surface area contributed by atoms with E-state index >= 15 is 0 Å². The van der Waals surface area contributed by atoms with Crippen molar-refractivity contribution in [1.29, 1.82) is 0 Å². The van der Waals surface area contributed by atoms with Crippen LogP contribution in [0.3, 0.4) is 0 Å². The van der Waals surface area contributed by atoms with Crippen molar-refractivity contribution in [2.45, 2.75) is 39.3 Å². The first-order chi connectivity index (χ1) is 11.5. The first-order valence-corrected chi connectivity index (χ1v) is 8.98. The number of hydrogen-bond acceptors (Lipinski definition) is 7. The van der Waals surface area contributed by atoms with Gasteiger partial charge in [0.2, 0.25) is 0 Å². The summed E-state index contributed by atoms with van der Waals surface area (Å²) in [6.45, 7) is 7.48. The monoisotopic (exact) mass is 344 g/mol. The van der Waals surface area contributed by atoms with E-state index in [1.165, 1.54) is 4.88 Å². The van der Waals surface area contributed by atoms with Crippen LogP contribution in [0.15, 0.2) is 12.3 Å².